The Kier molecular flexibility index (Phi) is 1.41. The van der Waals surface area contributed by atoms with Crippen LogP contribution in [0.15, 0.2) is 33.9 Å². The van der Waals surface area contributed by atoms with Gasteiger partial charge in [-0.25, -0.2) is 0 Å². The summed E-state index contributed by atoms with van der Waals surface area (Å²) in [6.45, 7) is 0. The molecule has 0 spiro atoms. The average molecular weight is 176 g/mol. The van der Waals surface area contributed by atoms with E-state index in [1.165, 1.54) is 0 Å². The molecule has 0 bridgehead atoms. The summed E-state index contributed by atoms with van der Waals surface area (Å²) in [6, 6.07) is 6.80. The average Bonchev–Trinajstić information content (AvgIpc) is 2.33. The lowest BCUT2D eigenvalue weighted by molar-refractivity contribution is 1.61. The Morgan fingerprint density at radius 1 is 0.917 bits per heavy atom. The molecule has 58 valence electrons. The molecule has 0 atom stereocenters. The number of benzene rings is 1. The molecule has 0 aliphatic rings. The number of hydrogen-bond acceptors (Lipinski definition) is 3. The van der Waals surface area contributed by atoms with Crippen LogP contribution < -0.4 is 10.9 Å². The number of rotatable bonds is 0. The van der Waals surface area contributed by atoms with Gasteiger partial charge in [0.05, 0.1) is 4.51 Å². The van der Waals surface area contributed by atoms with Gasteiger partial charge >= 0.3 is 0 Å². The molecule has 0 saturated carbocycles. The minimum Gasteiger partial charge on any atom is -0.285 e. The molecular formula is C9H4O2S. The minimum absolute atomic E-state index is 0.149. The Labute approximate surface area is 72.8 Å². The van der Waals surface area contributed by atoms with Crippen LogP contribution in [0.2, 0.25) is 0 Å². The van der Waals surface area contributed by atoms with Gasteiger partial charge in [0.1, 0.15) is 0 Å². The monoisotopic (exact) mass is 176 g/mol. The lowest BCUT2D eigenvalue weighted by Gasteiger charge is -1.82. The van der Waals surface area contributed by atoms with E-state index in [1.54, 1.807) is 24.3 Å². The van der Waals surface area contributed by atoms with Crippen LogP contribution in [-0.2, 0) is 0 Å². The molecule has 0 fully saturated rings. The fourth-order valence-electron chi connectivity index (χ4n) is 1.23. The normalized spacial score (nSPS) is 10.7. The zero-order valence-corrected chi connectivity index (χ0v) is 6.85. The SMILES string of the molecule is O=c1c(=O)c2ccccc2c1=S. The van der Waals surface area contributed by atoms with Crippen molar-refractivity contribution in [3.63, 3.8) is 0 Å². The summed E-state index contributed by atoms with van der Waals surface area (Å²) >= 11 is 4.80. The molecule has 0 radical (unpaired) electrons. The quantitative estimate of drug-likeness (QED) is 0.446. The number of hydrogen-bond donors (Lipinski definition) is 0. The van der Waals surface area contributed by atoms with Crippen LogP contribution >= 0.6 is 12.2 Å². The molecule has 2 nitrogen and oxygen atoms in total. The second-order valence-electron chi connectivity index (χ2n) is 2.53. The van der Waals surface area contributed by atoms with E-state index in [9.17, 15) is 9.59 Å². The van der Waals surface area contributed by atoms with Crippen LogP contribution in [0.5, 0.6) is 0 Å². The first-order chi connectivity index (χ1) is 5.72. The standard InChI is InChI=1S/C9H4O2S/c10-7-5-3-1-2-4-6(5)9(12)8(7)11/h1-4H. The van der Waals surface area contributed by atoms with E-state index in [-0.39, 0.29) is 4.51 Å². The summed E-state index contributed by atoms with van der Waals surface area (Å²) in [7, 11) is 0. The molecular weight excluding hydrogens is 172 g/mol. The van der Waals surface area contributed by atoms with Crippen LogP contribution in [0.3, 0.4) is 0 Å². The molecule has 2 rings (SSSR count). The van der Waals surface area contributed by atoms with E-state index in [4.69, 9.17) is 12.2 Å². The highest BCUT2D eigenvalue weighted by atomic mass is 32.1. The van der Waals surface area contributed by atoms with Crippen molar-refractivity contribution in [3.8, 4) is 0 Å². The Balaban J connectivity index is 3.33. The van der Waals surface area contributed by atoms with Gasteiger partial charge in [0.15, 0.2) is 0 Å². The van der Waals surface area contributed by atoms with Crippen molar-refractivity contribution in [2.45, 2.75) is 0 Å². The van der Waals surface area contributed by atoms with Gasteiger partial charge < -0.3 is 0 Å². The molecule has 0 unspecified atom stereocenters. The minimum atomic E-state index is -0.550. The molecule has 0 aliphatic carbocycles. The molecule has 0 aromatic heterocycles. The third-order valence-electron chi connectivity index (χ3n) is 1.83. The molecule has 0 amide bonds. The predicted octanol–water partition coefficient (Wildman–Crippen LogP) is 1.17. The van der Waals surface area contributed by atoms with Crippen LogP contribution in [0.4, 0.5) is 0 Å². The van der Waals surface area contributed by atoms with Crippen LogP contribution in [0.1, 0.15) is 0 Å². The van der Waals surface area contributed by atoms with Crippen LogP contribution in [0, 0.1) is 4.51 Å². The molecule has 2 aromatic rings. The molecule has 0 N–H and O–H groups in total. The summed E-state index contributed by atoms with van der Waals surface area (Å²) in [5, 5.41) is 1.04. The third kappa shape index (κ3) is 0.769. The maximum Gasteiger partial charge on any atom is 0.244 e. The summed E-state index contributed by atoms with van der Waals surface area (Å²) in [4.78, 5) is 22.2. The predicted molar refractivity (Wildman–Crippen MR) is 49.7 cm³/mol. The van der Waals surface area contributed by atoms with E-state index in [0.717, 1.165) is 0 Å². The van der Waals surface area contributed by atoms with Gasteiger partial charge in [-0.05, 0) is 0 Å². The van der Waals surface area contributed by atoms with Gasteiger partial charge in [0.2, 0.25) is 10.9 Å². The van der Waals surface area contributed by atoms with Gasteiger partial charge in [0, 0.05) is 10.8 Å². The molecule has 0 heterocycles. The molecule has 3 heteroatoms. The molecule has 2 aromatic carbocycles. The second kappa shape index (κ2) is 2.32. The fourth-order valence-corrected chi connectivity index (χ4v) is 1.50. The van der Waals surface area contributed by atoms with Crippen molar-refractivity contribution in [1.29, 1.82) is 0 Å². The first-order valence-corrected chi connectivity index (χ1v) is 3.85. The zero-order valence-electron chi connectivity index (χ0n) is 6.03. The topological polar surface area (TPSA) is 34.1 Å². The van der Waals surface area contributed by atoms with E-state index in [2.05, 4.69) is 0 Å². The van der Waals surface area contributed by atoms with Gasteiger partial charge in [-0.3, -0.25) is 9.59 Å². The first kappa shape index (κ1) is 7.31. The third-order valence-corrected chi connectivity index (χ3v) is 2.23. The summed E-state index contributed by atoms with van der Waals surface area (Å²) < 4.78 is 0.149. The van der Waals surface area contributed by atoms with Crippen molar-refractivity contribution in [2.24, 2.45) is 0 Å². The molecule has 12 heavy (non-hydrogen) atoms. The summed E-state index contributed by atoms with van der Waals surface area (Å²) in [5.74, 6) is 0. The zero-order chi connectivity index (χ0) is 8.72. The van der Waals surface area contributed by atoms with Crippen molar-refractivity contribution in [3.05, 3.63) is 49.2 Å². The van der Waals surface area contributed by atoms with Crippen molar-refractivity contribution in [2.75, 3.05) is 0 Å². The lowest BCUT2D eigenvalue weighted by atomic mass is 10.2. The van der Waals surface area contributed by atoms with Crippen molar-refractivity contribution < 1.29 is 0 Å². The van der Waals surface area contributed by atoms with Crippen LogP contribution in [0.25, 0.3) is 10.8 Å². The Bertz CT molecular complexity index is 527. The number of fused-ring (bicyclic) bond motifs is 1. The van der Waals surface area contributed by atoms with Gasteiger partial charge in [-0.2, -0.15) is 0 Å². The van der Waals surface area contributed by atoms with E-state index in [0.29, 0.717) is 10.8 Å². The van der Waals surface area contributed by atoms with Crippen molar-refractivity contribution in [1.82, 2.24) is 0 Å². The molecule has 0 aliphatic heterocycles. The fraction of sp³-hybridized carbons (Fsp3) is 0. The maximum atomic E-state index is 11.2. The van der Waals surface area contributed by atoms with Gasteiger partial charge in [0.25, 0.3) is 0 Å². The smallest absolute Gasteiger partial charge is 0.244 e. The highest BCUT2D eigenvalue weighted by Crippen LogP contribution is 2.08. The summed E-state index contributed by atoms with van der Waals surface area (Å²) in [5.41, 5.74) is -1.03. The maximum absolute atomic E-state index is 11.2. The Morgan fingerprint density at radius 3 is 2.08 bits per heavy atom. The van der Waals surface area contributed by atoms with Gasteiger partial charge in [-0.1, -0.05) is 36.5 Å². The van der Waals surface area contributed by atoms with Crippen LogP contribution in [-0.4, -0.2) is 0 Å². The van der Waals surface area contributed by atoms with E-state index in [1.807, 2.05) is 0 Å². The highest BCUT2D eigenvalue weighted by Gasteiger charge is 2.06. The highest BCUT2D eigenvalue weighted by molar-refractivity contribution is 7.71. The van der Waals surface area contributed by atoms with E-state index >= 15 is 0 Å². The second-order valence-corrected chi connectivity index (χ2v) is 2.94. The van der Waals surface area contributed by atoms with Crippen molar-refractivity contribution >= 4 is 23.0 Å². The summed E-state index contributed by atoms with van der Waals surface area (Å²) in [6.07, 6.45) is 0. The first-order valence-electron chi connectivity index (χ1n) is 3.44. The van der Waals surface area contributed by atoms with Gasteiger partial charge in [-0.15, -0.1) is 0 Å². The lowest BCUT2D eigenvalue weighted by Crippen LogP contribution is -2.17. The van der Waals surface area contributed by atoms with E-state index < -0.39 is 10.9 Å². The Morgan fingerprint density at radius 2 is 1.50 bits per heavy atom. The largest absolute Gasteiger partial charge is 0.285 e. The Hall–Kier alpha value is -1.35. The molecule has 0 saturated heterocycles.